The van der Waals surface area contributed by atoms with Crippen LogP contribution in [0.1, 0.15) is 31.7 Å². The van der Waals surface area contributed by atoms with Crippen molar-refractivity contribution in [2.45, 2.75) is 31.7 Å². The van der Waals surface area contributed by atoms with Crippen LogP contribution in [0.5, 0.6) is 0 Å². The lowest BCUT2D eigenvalue weighted by Crippen LogP contribution is -2.59. The van der Waals surface area contributed by atoms with Crippen molar-refractivity contribution in [2.75, 3.05) is 46.3 Å². The number of likely N-dealkylation sites (tertiary alicyclic amines) is 1. The van der Waals surface area contributed by atoms with Gasteiger partial charge < -0.3 is 9.80 Å². The normalized spacial score (nSPS) is 23.0. The number of nitrogens with zero attached hydrogens (tertiary/aromatic N) is 3. The molecule has 0 aromatic heterocycles. The molecule has 1 amide bonds. The van der Waals surface area contributed by atoms with Crippen molar-refractivity contribution >= 4 is 5.91 Å². The molecule has 0 saturated carbocycles. The van der Waals surface area contributed by atoms with Crippen LogP contribution in [0.3, 0.4) is 0 Å². The molecule has 1 aromatic rings. The van der Waals surface area contributed by atoms with E-state index in [0.29, 0.717) is 12.3 Å². The number of rotatable bonds is 3. The van der Waals surface area contributed by atoms with Gasteiger partial charge in [-0.1, -0.05) is 37.3 Å². The van der Waals surface area contributed by atoms with Crippen LogP contribution in [-0.2, 0) is 10.3 Å². The second kappa shape index (κ2) is 7.02. The van der Waals surface area contributed by atoms with Gasteiger partial charge in [-0.05, 0) is 38.5 Å². The molecule has 3 rings (SSSR count). The van der Waals surface area contributed by atoms with E-state index < -0.39 is 0 Å². The Kier molecular flexibility index (Phi) is 5.02. The summed E-state index contributed by atoms with van der Waals surface area (Å²) in [6.07, 6.45) is 2.97. The molecule has 0 unspecified atom stereocenters. The van der Waals surface area contributed by atoms with Crippen LogP contribution in [0.15, 0.2) is 30.3 Å². The van der Waals surface area contributed by atoms with Crippen molar-refractivity contribution in [3.63, 3.8) is 0 Å². The molecule has 2 aliphatic heterocycles. The van der Waals surface area contributed by atoms with Crippen LogP contribution in [0, 0.1) is 0 Å². The average Bonchev–Trinajstić information content (AvgIpc) is 2.63. The molecule has 4 nitrogen and oxygen atoms in total. The van der Waals surface area contributed by atoms with Crippen LogP contribution >= 0.6 is 0 Å². The zero-order chi connectivity index (χ0) is 16.3. The fourth-order valence-electron chi connectivity index (χ4n) is 4.13. The van der Waals surface area contributed by atoms with Gasteiger partial charge in [0.2, 0.25) is 5.91 Å². The Labute approximate surface area is 140 Å². The van der Waals surface area contributed by atoms with Crippen LogP contribution < -0.4 is 0 Å². The summed E-state index contributed by atoms with van der Waals surface area (Å²) in [4.78, 5) is 19.1. The third kappa shape index (κ3) is 3.29. The lowest BCUT2D eigenvalue weighted by atomic mass is 9.79. The first-order chi connectivity index (χ1) is 11.2. The molecule has 0 radical (unpaired) electrons. The van der Waals surface area contributed by atoms with E-state index in [2.05, 4.69) is 47.2 Å². The first-order valence-electron chi connectivity index (χ1n) is 8.92. The minimum Gasteiger partial charge on any atom is -0.340 e. The molecule has 2 aliphatic rings. The number of carbonyl (C=O) groups is 1. The molecular weight excluding hydrogens is 286 g/mol. The highest BCUT2D eigenvalue weighted by atomic mass is 16.2. The fourth-order valence-corrected chi connectivity index (χ4v) is 4.13. The molecule has 2 heterocycles. The minimum absolute atomic E-state index is 0.148. The average molecular weight is 315 g/mol. The molecule has 4 heteroatoms. The Hall–Kier alpha value is -1.39. The van der Waals surface area contributed by atoms with Crippen molar-refractivity contribution in [3.05, 3.63) is 35.9 Å². The van der Waals surface area contributed by atoms with Crippen LogP contribution in [0.2, 0.25) is 0 Å². The topological polar surface area (TPSA) is 26.8 Å². The molecule has 2 fully saturated rings. The molecule has 23 heavy (non-hydrogen) atoms. The van der Waals surface area contributed by atoms with Gasteiger partial charge in [0, 0.05) is 38.1 Å². The van der Waals surface area contributed by atoms with Gasteiger partial charge in [-0.3, -0.25) is 9.69 Å². The van der Waals surface area contributed by atoms with Gasteiger partial charge in [0.1, 0.15) is 0 Å². The highest BCUT2D eigenvalue weighted by Gasteiger charge is 2.41. The van der Waals surface area contributed by atoms with E-state index >= 15 is 0 Å². The zero-order valence-electron chi connectivity index (χ0n) is 14.5. The predicted octanol–water partition coefficient (Wildman–Crippen LogP) is 2.16. The third-order valence-corrected chi connectivity index (χ3v) is 5.67. The molecular formula is C19H29N3O. The van der Waals surface area contributed by atoms with E-state index in [1.807, 2.05) is 11.8 Å². The quantitative estimate of drug-likeness (QED) is 0.855. The number of hydrogen-bond acceptors (Lipinski definition) is 3. The Morgan fingerprint density at radius 1 is 1.00 bits per heavy atom. The van der Waals surface area contributed by atoms with E-state index in [4.69, 9.17) is 0 Å². The number of carbonyl (C=O) groups excluding carboxylic acids is 1. The summed E-state index contributed by atoms with van der Waals surface area (Å²) in [5.41, 5.74) is 1.60. The fraction of sp³-hybridized carbons (Fsp3) is 0.632. The Balaban J connectivity index is 1.79. The minimum atomic E-state index is 0.148. The monoisotopic (exact) mass is 315 g/mol. The lowest BCUT2D eigenvalue weighted by molar-refractivity contribution is -0.134. The van der Waals surface area contributed by atoms with Gasteiger partial charge in [0.05, 0.1) is 0 Å². The van der Waals surface area contributed by atoms with E-state index in [9.17, 15) is 4.79 Å². The first kappa shape index (κ1) is 16.5. The molecule has 0 spiro atoms. The SMILES string of the molecule is CCC(=O)N1CCN(C2(c3ccccc3)CCN(C)CC2)CC1. The van der Waals surface area contributed by atoms with E-state index in [-0.39, 0.29) is 5.54 Å². The van der Waals surface area contributed by atoms with Gasteiger partial charge in [-0.2, -0.15) is 0 Å². The summed E-state index contributed by atoms with van der Waals surface area (Å²) in [5, 5.41) is 0. The maximum atomic E-state index is 11.9. The summed E-state index contributed by atoms with van der Waals surface area (Å²) in [6.45, 7) is 7.96. The maximum absolute atomic E-state index is 11.9. The van der Waals surface area contributed by atoms with Gasteiger partial charge in [-0.25, -0.2) is 0 Å². The number of hydrogen-bond donors (Lipinski definition) is 0. The zero-order valence-corrected chi connectivity index (χ0v) is 14.5. The van der Waals surface area contributed by atoms with Crippen LogP contribution in [0.4, 0.5) is 0 Å². The molecule has 126 valence electrons. The van der Waals surface area contributed by atoms with Crippen molar-refractivity contribution < 1.29 is 4.79 Å². The van der Waals surface area contributed by atoms with Crippen LogP contribution in [-0.4, -0.2) is 66.9 Å². The molecule has 0 aliphatic carbocycles. The van der Waals surface area contributed by atoms with Gasteiger partial charge in [0.15, 0.2) is 0 Å². The molecule has 0 atom stereocenters. The van der Waals surface area contributed by atoms with E-state index in [0.717, 1.165) is 39.3 Å². The third-order valence-electron chi connectivity index (χ3n) is 5.67. The molecule has 1 aromatic carbocycles. The first-order valence-corrected chi connectivity index (χ1v) is 8.92. The van der Waals surface area contributed by atoms with Gasteiger partial charge in [-0.15, -0.1) is 0 Å². The molecule has 0 N–H and O–H groups in total. The standard InChI is InChI=1S/C19H29N3O/c1-3-18(23)21-13-15-22(16-14-21)19(9-11-20(2)12-10-19)17-7-5-4-6-8-17/h4-8H,3,9-16H2,1-2H3. The molecule has 0 bridgehead atoms. The van der Waals surface area contributed by atoms with Crippen LogP contribution in [0.25, 0.3) is 0 Å². The number of benzene rings is 1. The van der Waals surface area contributed by atoms with Crippen molar-refractivity contribution in [1.29, 1.82) is 0 Å². The smallest absolute Gasteiger partial charge is 0.222 e. The second-order valence-corrected chi connectivity index (χ2v) is 6.92. The predicted molar refractivity (Wildman–Crippen MR) is 93.3 cm³/mol. The Bertz CT molecular complexity index is 515. The summed E-state index contributed by atoms with van der Waals surface area (Å²) in [6, 6.07) is 11.0. The summed E-state index contributed by atoms with van der Waals surface area (Å²) in [5.74, 6) is 0.293. The summed E-state index contributed by atoms with van der Waals surface area (Å²) >= 11 is 0. The lowest BCUT2D eigenvalue weighted by Gasteiger charge is -2.51. The second-order valence-electron chi connectivity index (χ2n) is 6.92. The summed E-state index contributed by atoms with van der Waals surface area (Å²) in [7, 11) is 2.22. The number of piperidine rings is 1. The number of piperazine rings is 1. The molecule has 2 saturated heterocycles. The largest absolute Gasteiger partial charge is 0.340 e. The van der Waals surface area contributed by atoms with E-state index in [1.54, 1.807) is 0 Å². The highest BCUT2D eigenvalue weighted by molar-refractivity contribution is 5.75. The van der Waals surface area contributed by atoms with E-state index in [1.165, 1.54) is 18.4 Å². The van der Waals surface area contributed by atoms with Crippen molar-refractivity contribution in [1.82, 2.24) is 14.7 Å². The van der Waals surface area contributed by atoms with Gasteiger partial charge in [0.25, 0.3) is 0 Å². The Morgan fingerprint density at radius 3 is 2.17 bits per heavy atom. The summed E-state index contributed by atoms with van der Waals surface area (Å²) < 4.78 is 0. The van der Waals surface area contributed by atoms with Crippen molar-refractivity contribution in [2.24, 2.45) is 0 Å². The Morgan fingerprint density at radius 2 is 1.61 bits per heavy atom. The van der Waals surface area contributed by atoms with Crippen molar-refractivity contribution in [3.8, 4) is 0 Å². The number of amides is 1. The van der Waals surface area contributed by atoms with Gasteiger partial charge >= 0.3 is 0 Å². The maximum Gasteiger partial charge on any atom is 0.222 e. The highest BCUT2D eigenvalue weighted by Crippen LogP contribution is 2.39.